The number of hydrogen-bond donors (Lipinski definition) is 1. The fourth-order valence-electron chi connectivity index (χ4n) is 2.96. The Morgan fingerprint density at radius 1 is 1.26 bits per heavy atom. The molecule has 106 valence electrons. The molecule has 0 radical (unpaired) electrons. The lowest BCUT2D eigenvalue weighted by atomic mass is 9.85. The van der Waals surface area contributed by atoms with Gasteiger partial charge in [0.25, 0.3) is 0 Å². The first-order valence-electron chi connectivity index (χ1n) is 7.42. The van der Waals surface area contributed by atoms with E-state index in [1.807, 2.05) is 0 Å². The van der Waals surface area contributed by atoms with Crippen LogP contribution in [0.2, 0.25) is 0 Å². The molecular weight excluding hydrogens is 232 g/mol. The summed E-state index contributed by atoms with van der Waals surface area (Å²) in [7, 11) is 0. The van der Waals surface area contributed by atoms with Crippen molar-refractivity contribution in [2.24, 2.45) is 5.41 Å². The zero-order valence-corrected chi connectivity index (χ0v) is 13.0. The van der Waals surface area contributed by atoms with Crippen molar-refractivity contribution in [3.05, 3.63) is 35.4 Å². The van der Waals surface area contributed by atoms with E-state index in [9.17, 15) is 0 Å². The van der Waals surface area contributed by atoms with Crippen LogP contribution in [0.3, 0.4) is 0 Å². The molecule has 2 heteroatoms. The molecule has 1 aliphatic rings. The van der Waals surface area contributed by atoms with Gasteiger partial charge >= 0.3 is 0 Å². The zero-order chi connectivity index (χ0) is 14.0. The Bertz CT molecular complexity index is 420. The predicted octanol–water partition coefficient (Wildman–Crippen LogP) is 3.38. The van der Waals surface area contributed by atoms with E-state index < -0.39 is 0 Å². The SMILES string of the molecule is Cc1ccccc1C(C)N1CCNC(C(C)(C)C)C1. The average Bonchev–Trinajstić information content (AvgIpc) is 2.38. The molecular formula is C17H28N2. The van der Waals surface area contributed by atoms with E-state index in [1.54, 1.807) is 0 Å². The normalized spacial score (nSPS) is 23.3. The van der Waals surface area contributed by atoms with Crippen molar-refractivity contribution in [1.82, 2.24) is 10.2 Å². The number of nitrogens with one attached hydrogen (secondary N) is 1. The second-order valence-corrected chi connectivity index (χ2v) is 6.90. The molecule has 1 saturated heterocycles. The molecule has 0 spiro atoms. The van der Waals surface area contributed by atoms with Crippen LogP contribution in [0.25, 0.3) is 0 Å². The lowest BCUT2D eigenvalue weighted by Gasteiger charge is -2.43. The maximum absolute atomic E-state index is 3.67. The van der Waals surface area contributed by atoms with Crippen molar-refractivity contribution in [2.75, 3.05) is 19.6 Å². The molecule has 1 aromatic carbocycles. The first-order valence-corrected chi connectivity index (χ1v) is 7.42. The molecule has 1 N–H and O–H groups in total. The molecule has 2 rings (SSSR count). The van der Waals surface area contributed by atoms with Gasteiger partial charge in [-0.25, -0.2) is 0 Å². The molecule has 0 aliphatic carbocycles. The summed E-state index contributed by atoms with van der Waals surface area (Å²) in [6.45, 7) is 14.9. The molecule has 0 saturated carbocycles. The Kier molecular flexibility index (Phi) is 4.32. The number of piperazine rings is 1. The molecule has 2 nitrogen and oxygen atoms in total. The van der Waals surface area contributed by atoms with E-state index in [-0.39, 0.29) is 0 Å². The van der Waals surface area contributed by atoms with Gasteiger partial charge in [-0.1, -0.05) is 45.0 Å². The fourth-order valence-corrected chi connectivity index (χ4v) is 2.96. The van der Waals surface area contributed by atoms with E-state index in [4.69, 9.17) is 0 Å². The van der Waals surface area contributed by atoms with Crippen LogP contribution in [-0.2, 0) is 0 Å². The Balaban J connectivity index is 2.12. The highest BCUT2D eigenvalue weighted by Crippen LogP contribution is 2.28. The molecule has 1 fully saturated rings. The van der Waals surface area contributed by atoms with Gasteiger partial charge in [0.15, 0.2) is 0 Å². The highest BCUT2D eigenvalue weighted by molar-refractivity contribution is 5.28. The molecule has 19 heavy (non-hydrogen) atoms. The fraction of sp³-hybridized carbons (Fsp3) is 0.647. The highest BCUT2D eigenvalue weighted by atomic mass is 15.2. The summed E-state index contributed by atoms with van der Waals surface area (Å²) in [5.74, 6) is 0. The van der Waals surface area contributed by atoms with Crippen LogP contribution in [0.15, 0.2) is 24.3 Å². The van der Waals surface area contributed by atoms with Crippen LogP contribution in [-0.4, -0.2) is 30.6 Å². The third-order valence-electron chi connectivity index (χ3n) is 4.44. The Hall–Kier alpha value is -0.860. The van der Waals surface area contributed by atoms with Crippen LogP contribution >= 0.6 is 0 Å². The van der Waals surface area contributed by atoms with Gasteiger partial charge in [-0.3, -0.25) is 4.90 Å². The van der Waals surface area contributed by atoms with E-state index in [1.165, 1.54) is 11.1 Å². The van der Waals surface area contributed by atoms with Crippen LogP contribution in [0.4, 0.5) is 0 Å². The van der Waals surface area contributed by atoms with Crippen LogP contribution < -0.4 is 5.32 Å². The van der Waals surface area contributed by atoms with Crippen molar-refractivity contribution >= 4 is 0 Å². The number of hydrogen-bond acceptors (Lipinski definition) is 2. The second-order valence-electron chi connectivity index (χ2n) is 6.90. The first kappa shape index (κ1) is 14.5. The van der Waals surface area contributed by atoms with Gasteiger partial charge in [0.05, 0.1) is 0 Å². The van der Waals surface area contributed by atoms with Crippen molar-refractivity contribution in [3.63, 3.8) is 0 Å². The van der Waals surface area contributed by atoms with Crippen molar-refractivity contribution in [2.45, 2.75) is 46.7 Å². The molecule has 1 aliphatic heterocycles. The van der Waals surface area contributed by atoms with E-state index >= 15 is 0 Å². The number of rotatable bonds is 2. The third-order valence-corrected chi connectivity index (χ3v) is 4.44. The van der Waals surface area contributed by atoms with Gasteiger partial charge in [0.1, 0.15) is 0 Å². The summed E-state index contributed by atoms with van der Waals surface area (Å²) in [4.78, 5) is 2.62. The molecule has 1 heterocycles. The smallest absolute Gasteiger partial charge is 0.0323 e. The number of aryl methyl sites for hydroxylation is 1. The molecule has 0 aromatic heterocycles. The minimum absolute atomic E-state index is 0.324. The highest BCUT2D eigenvalue weighted by Gasteiger charge is 2.31. The summed E-state index contributed by atoms with van der Waals surface area (Å²) in [5.41, 5.74) is 3.20. The summed E-state index contributed by atoms with van der Waals surface area (Å²) in [6, 6.07) is 9.85. The molecule has 1 aromatic rings. The summed E-state index contributed by atoms with van der Waals surface area (Å²) >= 11 is 0. The largest absolute Gasteiger partial charge is 0.311 e. The Morgan fingerprint density at radius 3 is 2.58 bits per heavy atom. The number of benzene rings is 1. The lowest BCUT2D eigenvalue weighted by molar-refractivity contribution is 0.104. The molecule has 2 atom stereocenters. The van der Waals surface area contributed by atoms with Gasteiger partial charge in [-0.05, 0) is 30.4 Å². The van der Waals surface area contributed by atoms with Crippen LogP contribution in [0.5, 0.6) is 0 Å². The quantitative estimate of drug-likeness (QED) is 0.877. The maximum atomic E-state index is 3.67. The maximum Gasteiger partial charge on any atom is 0.0323 e. The summed E-state index contributed by atoms with van der Waals surface area (Å²) in [6.07, 6.45) is 0. The minimum atomic E-state index is 0.324. The minimum Gasteiger partial charge on any atom is -0.311 e. The second kappa shape index (κ2) is 5.64. The van der Waals surface area contributed by atoms with Crippen LogP contribution in [0.1, 0.15) is 44.9 Å². The Morgan fingerprint density at radius 2 is 1.95 bits per heavy atom. The standard InChI is InChI=1S/C17H28N2/c1-13-8-6-7-9-15(13)14(2)19-11-10-18-16(12-19)17(3,4)5/h6-9,14,16,18H,10-12H2,1-5H3. The lowest BCUT2D eigenvalue weighted by Crippen LogP contribution is -2.56. The molecule has 0 bridgehead atoms. The van der Waals surface area contributed by atoms with Crippen molar-refractivity contribution in [1.29, 1.82) is 0 Å². The van der Waals surface area contributed by atoms with Gasteiger partial charge in [0.2, 0.25) is 0 Å². The predicted molar refractivity (Wildman–Crippen MR) is 82.4 cm³/mol. The van der Waals surface area contributed by atoms with E-state index in [0.717, 1.165) is 19.6 Å². The van der Waals surface area contributed by atoms with Gasteiger partial charge in [-0.2, -0.15) is 0 Å². The first-order chi connectivity index (χ1) is 8.89. The third kappa shape index (κ3) is 3.37. The zero-order valence-electron chi connectivity index (χ0n) is 13.0. The van der Waals surface area contributed by atoms with Gasteiger partial charge in [0, 0.05) is 31.7 Å². The molecule has 2 unspecified atom stereocenters. The van der Waals surface area contributed by atoms with Crippen molar-refractivity contribution in [3.8, 4) is 0 Å². The summed E-state index contributed by atoms with van der Waals surface area (Å²) in [5, 5.41) is 3.67. The number of nitrogens with zero attached hydrogens (tertiary/aromatic N) is 1. The average molecular weight is 260 g/mol. The Labute approximate surface area is 118 Å². The monoisotopic (exact) mass is 260 g/mol. The van der Waals surface area contributed by atoms with Crippen molar-refractivity contribution < 1.29 is 0 Å². The van der Waals surface area contributed by atoms with E-state index in [0.29, 0.717) is 17.5 Å². The van der Waals surface area contributed by atoms with Gasteiger partial charge in [-0.15, -0.1) is 0 Å². The molecule has 0 amide bonds. The van der Waals surface area contributed by atoms with Crippen LogP contribution in [0, 0.1) is 12.3 Å². The summed E-state index contributed by atoms with van der Waals surface area (Å²) < 4.78 is 0. The van der Waals surface area contributed by atoms with Gasteiger partial charge < -0.3 is 5.32 Å². The van der Waals surface area contributed by atoms with E-state index in [2.05, 4.69) is 69.1 Å². The topological polar surface area (TPSA) is 15.3 Å².